The number of anilines is 1. The average Bonchev–Trinajstić information content (AvgIpc) is 2.52. The van der Waals surface area contributed by atoms with Crippen molar-refractivity contribution < 1.29 is 17.9 Å². The predicted octanol–water partition coefficient (Wildman–Crippen LogP) is 2.39. The van der Waals surface area contributed by atoms with E-state index in [-0.39, 0.29) is 17.2 Å². The van der Waals surface area contributed by atoms with Crippen LogP contribution in [0.15, 0.2) is 48.5 Å². The molecule has 0 unspecified atom stereocenters. The Balaban J connectivity index is 2.09. The Morgan fingerprint density at radius 2 is 1.88 bits per heavy atom. The van der Waals surface area contributed by atoms with Crippen LogP contribution in [0.5, 0.6) is 5.75 Å². The number of amides is 1. The molecule has 128 valence electrons. The maximum atomic E-state index is 12.4. The summed E-state index contributed by atoms with van der Waals surface area (Å²) in [4.78, 5) is 12.4. The summed E-state index contributed by atoms with van der Waals surface area (Å²) in [5.41, 5.74) is 1.41. The first-order chi connectivity index (χ1) is 11.4. The topological polar surface area (TPSA) is 84.5 Å². The molecule has 2 rings (SSSR count). The number of carbonyl (C=O) groups is 1. The second-order valence-corrected chi connectivity index (χ2v) is 6.93. The maximum Gasteiger partial charge on any atom is 0.253 e. The first-order valence-corrected chi connectivity index (χ1v) is 9.35. The van der Waals surface area contributed by atoms with Crippen molar-refractivity contribution in [2.24, 2.45) is 0 Å². The fourth-order valence-electron chi connectivity index (χ4n) is 2.16. The highest BCUT2D eigenvalue weighted by Crippen LogP contribution is 2.17. The molecule has 0 aliphatic carbocycles. The van der Waals surface area contributed by atoms with Crippen LogP contribution in [0, 0.1) is 0 Å². The molecule has 0 aliphatic rings. The number of para-hydroxylation sites is 1. The predicted molar refractivity (Wildman–Crippen MR) is 93.7 cm³/mol. The molecule has 2 aromatic carbocycles. The zero-order chi connectivity index (χ0) is 17.6. The van der Waals surface area contributed by atoms with Crippen molar-refractivity contribution >= 4 is 21.6 Å². The Morgan fingerprint density at radius 1 is 1.12 bits per heavy atom. The highest BCUT2D eigenvalue weighted by atomic mass is 32.2. The lowest BCUT2D eigenvalue weighted by molar-refractivity contribution is 0.0951. The maximum absolute atomic E-state index is 12.4. The van der Waals surface area contributed by atoms with Gasteiger partial charge in [-0.25, -0.2) is 8.42 Å². The van der Waals surface area contributed by atoms with Gasteiger partial charge in [-0.15, -0.1) is 0 Å². The molecule has 24 heavy (non-hydrogen) atoms. The van der Waals surface area contributed by atoms with Gasteiger partial charge in [0.15, 0.2) is 0 Å². The lowest BCUT2D eigenvalue weighted by Crippen LogP contribution is -2.24. The van der Waals surface area contributed by atoms with E-state index >= 15 is 0 Å². The van der Waals surface area contributed by atoms with Crippen molar-refractivity contribution in [2.45, 2.75) is 13.5 Å². The van der Waals surface area contributed by atoms with Gasteiger partial charge in [0.05, 0.1) is 24.1 Å². The van der Waals surface area contributed by atoms with E-state index in [2.05, 4.69) is 10.0 Å². The zero-order valence-corrected chi connectivity index (χ0v) is 14.4. The highest BCUT2D eigenvalue weighted by molar-refractivity contribution is 7.92. The Hall–Kier alpha value is -2.54. The van der Waals surface area contributed by atoms with Gasteiger partial charge in [0.25, 0.3) is 5.91 Å². The van der Waals surface area contributed by atoms with E-state index in [0.29, 0.717) is 13.2 Å². The first kappa shape index (κ1) is 17.8. The highest BCUT2D eigenvalue weighted by Gasteiger charge is 2.13. The molecule has 0 saturated carbocycles. The van der Waals surface area contributed by atoms with Crippen LogP contribution in [0.2, 0.25) is 0 Å². The van der Waals surface area contributed by atoms with Crippen molar-refractivity contribution in [3.63, 3.8) is 0 Å². The van der Waals surface area contributed by atoms with Gasteiger partial charge in [-0.1, -0.05) is 24.3 Å². The molecule has 0 spiro atoms. The molecule has 2 aromatic rings. The third kappa shape index (κ3) is 5.27. The minimum Gasteiger partial charge on any atom is -0.494 e. The molecular weight excluding hydrogens is 328 g/mol. The van der Waals surface area contributed by atoms with E-state index in [9.17, 15) is 13.2 Å². The van der Waals surface area contributed by atoms with Crippen LogP contribution in [-0.4, -0.2) is 27.2 Å². The second kappa shape index (κ2) is 7.83. The van der Waals surface area contributed by atoms with E-state index in [1.165, 1.54) is 0 Å². The number of hydrogen-bond acceptors (Lipinski definition) is 4. The lowest BCUT2D eigenvalue weighted by Gasteiger charge is -2.11. The van der Waals surface area contributed by atoms with Crippen molar-refractivity contribution in [3.05, 3.63) is 59.7 Å². The Kier molecular flexibility index (Phi) is 5.81. The van der Waals surface area contributed by atoms with Crippen LogP contribution >= 0.6 is 0 Å². The molecule has 0 radical (unpaired) electrons. The van der Waals surface area contributed by atoms with Crippen molar-refractivity contribution in [1.82, 2.24) is 5.32 Å². The summed E-state index contributed by atoms with van der Waals surface area (Å²) < 4.78 is 30.6. The summed E-state index contributed by atoms with van der Waals surface area (Å²) in [5.74, 6) is 0.381. The first-order valence-electron chi connectivity index (χ1n) is 7.46. The van der Waals surface area contributed by atoms with Gasteiger partial charge in [0.1, 0.15) is 5.75 Å². The van der Waals surface area contributed by atoms with Crippen LogP contribution in [-0.2, 0) is 16.6 Å². The second-order valence-electron chi connectivity index (χ2n) is 5.18. The van der Waals surface area contributed by atoms with Crippen LogP contribution < -0.4 is 14.8 Å². The SMILES string of the molecule is CCOc1cccc(CNC(=O)c2ccccc2NS(C)(=O)=O)c1. The molecule has 2 N–H and O–H groups in total. The molecule has 0 saturated heterocycles. The summed E-state index contributed by atoms with van der Waals surface area (Å²) in [5, 5.41) is 2.78. The fraction of sp³-hybridized carbons (Fsp3) is 0.235. The Bertz CT molecular complexity index is 819. The molecule has 7 heteroatoms. The van der Waals surface area contributed by atoms with E-state index in [4.69, 9.17) is 4.74 Å². The molecule has 0 atom stereocenters. The summed E-state index contributed by atoms with van der Waals surface area (Å²) >= 11 is 0. The summed E-state index contributed by atoms with van der Waals surface area (Å²) in [6, 6.07) is 13.9. The molecule has 6 nitrogen and oxygen atoms in total. The molecule has 0 aromatic heterocycles. The molecular formula is C17H20N2O4S. The molecule has 0 heterocycles. The summed E-state index contributed by atoms with van der Waals surface area (Å²) in [6.07, 6.45) is 1.04. The third-order valence-corrected chi connectivity index (χ3v) is 3.72. The van der Waals surface area contributed by atoms with Gasteiger partial charge >= 0.3 is 0 Å². The van der Waals surface area contributed by atoms with E-state index in [0.717, 1.165) is 17.6 Å². The Labute approximate surface area is 141 Å². The van der Waals surface area contributed by atoms with Gasteiger partial charge < -0.3 is 10.1 Å². The van der Waals surface area contributed by atoms with Crippen molar-refractivity contribution in [3.8, 4) is 5.75 Å². The van der Waals surface area contributed by atoms with Crippen LogP contribution in [0.1, 0.15) is 22.8 Å². The van der Waals surface area contributed by atoms with Crippen LogP contribution in [0.4, 0.5) is 5.69 Å². The van der Waals surface area contributed by atoms with Crippen molar-refractivity contribution in [1.29, 1.82) is 0 Å². The average molecular weight is 348 g/mol. The fourth-order valence-corrected chi connectivity index (χ4v) is 2.74. The molecule has 0 bridgehead atoms. The van der Waals surface area contributed by atoms with Crippen LogP contribution in [0.3, 0.4) is 0 Å². The summed E-state index contributed by atoms with van der Waals surface area (Å²) in [6.45, 7) is 2.79. The molecule has 1 amide bonds. The normalized spacial score (nSPS) is 10.9. The number of sulfonamides is 1. The van der Waals surface area contributed by atoms with Gasteiger partial charge in [0, 0.05) is 6.54 Å². The van der Waals surface area contributed by atoms with Gasteiger partial charge in [0.2, 0.25) is 10.0 Å². The monoisotopic (exact) mass is 348 g/mol. The van der Waals surface area contributed by atoms with E-state index < -0.39 is 10.0 Å². The summed E-state index contributed by atoms with van der Waals surface area (Å²) in [7, 11) is -3.46. The minimum atomic E-state index is -3.46. The number of rotatable bonds is 7. The number of ether oxygens (including phenoxy) is 1. The van der Waals surface area contributed by atoms with Crippen LogP contribution in [0.25, 0.3) is 0 Å². The van der Waals surface area contributed by atoms with E-state index in [1.54, 1.807) is 24.3 Å². The van der Waals surface area contributed by atoms with Gasteiger partial charge in [-0.2, -0.15) is 0 Å². The zero-order valence-electron chi connectivity index (χ0n) is 13.6. The molecule has 0 aliphatic heterocycles. The number of hydrogen-bond donors (Lipinski definition) is 2. The largest absolute Gasteiger partial charge is 0.494 e. The standard InChI is InChI=1S/C17H20N2O4S/c1-3-23-14-8-6-7-13(11-14)12-18-17(20)15-9-4-5-10-16(15)19-24(2,21)22/h4-11,19H,3,12H2,1-2H3,(H,18,20). The van der Waals surface area contributed by atoms with Gasteiger partial charge in [-0.05, 0) is 36.8 Å². The smallest absolute Gasteiger partial charge is 0.253 e. The molecule has 0 fully saturated rings. The minimum absolute atomic E-state index is 0.251. The third-order valence-electron chi connectivity index (χ3n) is 3.13. The van der Waals surface area contributed by atoms with E-state index in [1.807, 2.05) is 31.2 Å². The Morgan fingerprint density at radius 3 is 2.58 bits per heavy atom. The quantitative estimate of drug-likeness (QED) is 0.805. The number of benzene rings is 2. The number of carbonyl (C=O) groups excluding carboxylic acids is 1. The number of nitrogens with one attached hydrogen (secondary N) is 2. The lowest BCUT2D eigenvalue weighted by atomic mass is 10.1. The van der Waals surface area contributed by atoms with Crippen molar-refractivity contribution in [2.75, 3.05) is 17.6 Å². The van der Waals surface area contributed by atoms with Gasteiger partial charge in [-0.3, -0.25) is 9.52 Å².